The highest BCUT2D eigenvalue weighted by Gasteiger charge is 2.26. The zero-order valence-electron chi connectivity index (χ0n) is 64.1. The van der Waals surface area contributed by atoms with Crippen molar-refractivity contribution < 1.29 is 37.6 Å². The van der Waals surface area contributed by atoms with Crippen molar-refractivity contribution in [3.63, 3.8) is 0 Å². The Morgan fingerprint density at radius 1 is 0.323 bits per heavy atom. The lowest BCUT2D eigenvalue weighted by Crippen LogP contribution is -2.29. The molecule has 0 fully saturated rings. The van der Waals surface area contributed by atoms with Gasteiger partial charge >= 0.3 is 19.8 Å². The summed E-state index contributed by atoms with van der Waals surface area (Å²) in [5, 5.41) is 0. The van der Waals surface area contributed by atoms with E-state index in [1.54, 1.807) is 0 Å². The number of hydrogen-bond acceptors (Lipinski definition) is 8. The van der Waals surface area contributed by atoms with E-state index in [0.717, 1.165) is 57.8 Å². The molecule has 0 bridgehead atoms. The molecule has 0 aromatic rings. The highest BCUT2D eigenvalue weighted by Crippen LogP contribution is 2.43. The van der Waals surface area contributed by atoms with Gasteiger partial charge in [0, 0.05) is 19.4 Å². The number of unbranched alkanes of at least 4 members (excludes halogenated alkanes) is 61. The Bertz CT molecular complexity index is 1720. The molecule has 2 atom stereocenters. The number of phosphoric ester groups is 1. The van der Waals surface area contributed by atoms with Crippen molar-refractivity contribution in [3.8, 4) is 0 Å². The van der Waals surface area contributed by atoms with Crippen LogP contribution >= 0.6 is 7.82 Å². The molecule has 0 rings (SSSR count). The molecule has 0 spiro atoms. The first-order valence-electron chi connectivity index (χ1n) is 42.6. The Balaban J connectivity index is 3.71. The molecule has 0 heterocycles. The second-order valence-corrected chi connectivity index (χ2v) is 30.5. The molecule has 0 amide bonds. The van der Waals surface area contributed by atoms with Crippen molar-refractivity contribution in [2.45, 2.75) is 463 Å². The number of carbonyl (C=O) groups excluding carboxylic acids is 2. The Labute approximate surface area is 597 Å². The van der Waals surface area contributed by atoms with Crippen LogP contribution in [0.3, 0.4) is 0 Å². The Morgan fingerprint density at radius 3 is 0.854 bits per heavy atom. The molecule has 566 valence electrons. The van der Waals surface area contributed by atoms with E-state index in [4.69, 9.17) is 24.3 Å². The van der Waals surface area contributed by atoms with Crippen LogP contribution in [0.2, 0.25) is 0 Å². The molecule has 9 nitrogen and oxygen atoms in total. The fourth-order valence-electron chi connectivity index (χ4n) is 13.2. The number of nitrogens with two attached hydrogens (primary N) is 1. The largest absolute Gasteiger partial charge is 0.472 e. The van der Waals surface area contributed by atoms with Crippen LogP contribution in [-0.2, 0) is 32.7 Å². The summed E-state index contributed by atoms with van der Waals surface area (Å²) >= 11 is 0. The fraction of sp³-hybridized carbons (Fsp3) is 0.884. The first-order chi connectivity index (χ1) is 47.3. The van der Waals surface area contributed by atoms with Crippen LogP contribution in [-0.4, -0.2) is 49.3 Å². The van der Waals surface area contributed by atoms with E-state index in [1.807, 2.05) is 0 Å². The predicted molar refractivity (Wildman–Crippen MR) is 418 cm³/mol. The summed E-state index contributed by atoms with van der Waals surface area (Å²) in [6.07, 6.45) is 107. The van der Waals surface area contributed by atoms with E-state index in [1.165, 1.54) is 366 Å². The number of rotatable bonds is 82. The predicted octanol–water partition coefficient (Wildman–Crippen LogP) is 28.7. The Kier molecular flexibility index (Phi) is 80.2. The summed E-state index contributed by atoms with van der Waals surface area (Å²) < 4.78 is 33.3. The van der Waals surface area contributed by atoms with E-state index >= 15 is 0 Å². The minimum Gasteiger partial charge on any atom is -0.462 e. The van der Waals surface area contributed by atoms with Gasteiger partial charge in [-0.15, -0.1) is 0 Å². The van der Waals surface area contributed by atoms with Crippen LogP contribution in [0.5, 0.6) is 0 Å². The van der Waals surface area contributed by atoms with Gasteiger partial charge in [0.25, 0.3) is 0 Å². The van der Waals surface area contributed by atoms with Crippen molar-refractivity contribution in [1.29, 1.82) is 0 Å². The topological polar surface area (TPSA) is 134 Å². The lowest BCUT2D eigenvalue weighted by atomic mass is 10.0. The first kappa shape index (κ1) is 94.0. The molecule has 0 aromatic carbocycles. The molecule has 0 radical (unpaired) electrons. The minimum absolute atomic E-state index is 0.0563. The quantitative estimate of drug-likeness (QED) is 0.0264. The molecular formula is C86H164NO8P. The molecule has 3 N–H and O–H groups in total. The maximum absolute atomic E-state index is 12.8. The van der Waals surface area contributed by atoms with E-state index < -0.39 is 26.5 Å². The number of ether oxygens (including phenoxy) is 2. The van der Waals surface area contributed by atoms with E-state index in [2.05, 4.69) is 62.5 Å². The number of carbonyl (C=O) groups is 2. The van der Waals surface area contributed by atoms with Crippen molar-refractivity contribution in [2.75, 3.05) is 26.4 Å². The summed E-state index contributed by atoms with van der Waals surface area (Å²) in [5.41, 5.74) is 5.42. The highest BCUT2D eigenvalue weighted by atomic mass is 31.2. The standard InChI is InChI=1S/C86H164NO8P/c1-3-5-7-9-11-13-15-17-19-21-23-25-27-29-31-33-35-37-39-40-41-42-43-45-46-48-50-52-54-56-58-60-62-64-66-68-70-72-74-76-78-85(88)92-82-84(83-94-96(90,91)93-81-80-87)95-86(89)79-77-75-73-71-69-67-65-63-61-59-57-55-53-51-49-47-44-38-36-34-32-30-28-26-24-22-20-18-16-14-12-10-8-6-4-2/h6,8,12,14,18,20,24,26,84H,3-5,7,9-11,13,15-17,19,21-23,25,27-83,87H2,1-2H3,(H,90,91)/b8-6-,14-12-,20-18-,26-24-. The zero-order valence-corrected chi connectivity index (χ0v) is 65.0. The van der Waals surface area contributed by atoms with Gasteiger partial charge < -0.3 is 20.1 Å². The molecule has 0 aliphatic carbocycles. The minimum atomic E-state index is -4.40. The average molecular weight is 1370 g/mol. The van der Waals surface area contributed by atoms with Crippen LogP contribution in [0, 0.1) is 0 Å². The van der Waals surface area contributed by atoms with E-state index in [-0.39, 0.29) is 38.6 Å². The third-order valence-electron chi connectivity index (χ3n) is 19.5. The van der Waals surface area contributed by atoms with Gasteiger partial charge in [-0.2, -0.15) is 0 Å². The third-order valence-corrected chi connectivity index (χ3v) is 20.5. The molecule has 0 saturated carbocycles. The zero-order chi connectivity index (χ0) is 69.3. The van der Waals surface area contributed by atoms with E-state index in [9.17, 15) is 19.0 Å². The second kappa shape index (κ2) is 81.9. The van der Waals surface area contributed by atoms with Gasteiger partial charge in [-0.1, -0.05) is 441 Å². The van der Waals surface area contributed by atoms with Crippen molar-refractivity contribution in [3.05, 3.63) is 48.6 Å². The van der Waals surface area contributed by atoms with Crippen molar-refractivity contribution in [2.24, 2.45) is 5.73 Å². The first-order valence-corrected chi connectivity index (χ1v) is 44.1. The second-order valence-electron chi connectivity index (χ2n) is 29.0. The number of phosphoric acid groups is 1. The van der Waals surface area contributed by atoms with Gasteiger partial charge in [0.1, 0.15) is 6.61 Å². The number of hydrogen-bond donors (Lipinski definition) is 2. The Hall–Kier alpha value is -2.03. The monoisotopic (exact) mass is 1370 g/mol. The smallest absolute Gasteiger partial charge is 0.462 e. The molecular weight excluding hydrogens is 1210 g/mol. The highest BCUT2D eigenvalue weighted by molar-refractivity contribution is 7.47. The van der Waals surface area contributed by atoms with Crippen LogP contribution in [0.1, 0.15) is 457 Å². The fourth-order valence-corrected chi connectivity index (χ4v) is 14.0. The van der Waals surface area contributed by atoms with Crippen LogP contribution < -0.4 is 5.73 Å². The SMILES string of the molecule is CC/C=C\C/C=C\C/C=C\C/C=C\CCCCCCCCCCCCCCCCCCCCCCCCC(=O)OC(COC(=O)CCCCCCCCCCCCCCCCCCCCCCCCCCCCCCCCCCCCCCCCCC)COP(=O)(O)OCCN. The summed E-state index contributed by atoms with van der Waals surface area (Å²) in [5.74, 6) is -0.800. The Morgan fingerprint density at radius 2 is 0.573 bits per heavy atom. The van der Waals surface area contributed by atoms with Crippen molar-refractivity contribution in [1.82, 2.24) is 0 Å². The van der Waals surface area contributed by atoms with Gasteiger partial charge in [0.15, 0.2) is 6.10 Å². The maximum atomic E-state index is 12.8. The lowest BCUT2D eigenvalue weighted by Gasteiger charge is -2.19. The van der Waals surface area contributed by atoms with Crippen LogP contribution in [0.15, 0.2) is 48.6 Å². The van der Waals surface area contributed by atoms with Gasteiger partial charge in [0.2, 0.25) is 0 Å². The lowest BCUT2D eigenvalue weighted by molar-refractivity contribution is -0.161. The van der Waals surface area contributed by atoms with Gasteiger partial charge in [-0.25, -0.2) is 4.57 Å². The van der Waals surface area contributed by atoms with Gasteiger partial charge in [-0.3, -0.25) is 18.6 Å². The normalized spacial score (nSPS) is 13.0. The molecule has 0 aliphatic rings. The molecule has 0 aromatic heterocycles. The molecule has 0 saturated heterocycles. The molecule has 96 heavy (non-hydrogen) atoms. The van der Waals surface area contributed by atoms with Crippen LogP contribution in [0.25, 0.3) is 0 Å². The van der Waals surface area contributed by atoms with Crippen molar-refractivity contribution >= 4 is 19.8 Å². The maximum Gasteiger partial charge on any atom is 0.472 e. The van der Waals surface area contributed by atoms with Crippen LogP contribution in [0.4, 0.5) is 0 Å². The summed E-state index contributed by atoms with van der Waals surface area (Å²) in [7, 11) is -4.40. The summed E-state index contributed by atoms with van der Waals surface area (Å²) in [4.78, 5) is 35.5. The molecule has 10 heteroatoms. The number of allylic oxidation sites excluding steroid dienone is 8. The van der Waals surface area contributed by atoms with Gasteiger partial charge in [-0.05, 0) is 51.4 Å². The van der Waals surface area contributed by atoms with Gasteiger partial charge in [0.05, 0.1) is 13.2 Å². The third kappa shape index (κ3) is 80.9. The number of esters is 2. The molecule has 2 unspecified atom stereocenters. The summed E-state index contributed by atoms with van der Waals surface area (Å²) in [6, 6.07) is 0. The summed E-state index contributed by atoms with van der Waals surface area (Å²) in [6.45, 7) is 3.72. The van der Waals surface area contributed by atoms with E-state index in [0.29, 0.717) is 6.42 Å². The molecule has 0 aliphatic heterocycles. The average Bonchev–Trinajstić information content (AvgIpc) is 3.50.